The number of hydrazine groups is 1. The molecule has 3 N–H and O–H groups in total. The molecule has 0 spiro atoms. The highest BCUT2D eigenvalue weighted by atomic mass is 16.6. The molecule has 0 atom stereocenters. The van der Waals surface area contributed by atoms with Gasteiger partial charge in [0.05, 0.1) is 0 Å². The maximum Gasteiger partial charge on any atom is 0.421 e. The third-order valence-electron chi connectivity index (χ3n) is 1.84. The Morgan fingerprint density at radius 3 is 2.24 bits per heavy atom. The number of hydrogen-bond acceptors (Lipinski definition) is 4. The van der Waals surface area contributed by atoms with Gasteiger partial charge in [-0.25, -0.2) is 10.2 Å². The Labute approximate surface area is 103 Å². The van der Waals surface area contributed by atoms with Crippen LogP contribution in [0.4, 0.5) is 10.5 Å². The average Bonchev–Trinajstić information content (AvgIpc) is 2.40. The zero-order valence-electron chi connectivity index (χ0n) is 10.8. The molecule has 96 valence electrons. The van der Waals surface area contributed by atoms with E-state index in [1.165, 1.54) is 0 Å². The van der Waals surface area contributed by atoms with Crippen molar-refractivity contribution in [2.24, 2.45) is 0 Å². The Hall–Kier alpha value is -1.75. The zero-order valence-corrected chi connectivity index (χ0v) is 10.8. The smallest absolute Gasteiger partial charge is 0.421 e. The first-order valence-corrected chi connectivity index (χ1v) is 5.62. The number of carbonyl (C=O) groups excluding carboxylic acids is 1. The van der Waals surface area contributed by atoms with Crippen molar-refractivity contribution in [3.8, 4) is 0 Å². The van der Waals surface area contributed by atoms with E-state index in [2.05, 4.69) is 16.2 Å². The van der Waals surface area contributed by atoms with E-state index in [0.29, 0.717) is 0 Å². The predicted molar refractivity (Wildman–Crippen MR) is 69.7 cm³/mol. The Morgan fingerprint density at radius 1 is 1.18 bits per heavy atom. The monoisotopic (exact) mass is 239 g/mol. The second kappa shape index (κ2) is 9.47. The molecule has 1 aromatic carbocycles. The zero-order chi connectivity index (χ0) is 13.1. The minimum Gasteiger partial charge on any atom is -0.444 e. The molecule has 0 radical (unpaired) electrons. The van der Waals surface area contributed by atoms with Crippen LogP contribution in [0.25, 0.3) is 0 Å². The van der Waals surface area contributed by atoms with Gasteiger partial charge in [-0.05, 0) is 17.7 Å². The molecule has 17 heavy (non-hydrogen) atoms. The number of nitrogens with one attached hydrogen (secondary N) is 3. The summed E-state index contributed by atoms with van der Waals surface area (Å²) < 4.78 is 4.91. The van der Waals surface area contributed by atoms with Crippen LogP contribution in [0.5, 0.6) is 0 Å². The van der Waals surface area contributed by atoms with Crippen molar-refractivity contribution < 1.29 is 9.53 Å². The van der Waals surface area contributed by atoms with Gasteiger partial charge in [0.1, 0.15) is 6.61 Å². The van der Waals surface area contributed by atoms with Gasteiger partial charge >= 0.3 is 6.09 Å². The minimum atomic E-state index is -0.491. The van der Waals surface area contributed by atoms with Gasteiger partial charge < -0.3 is 10.1 Å². The van der Waals surface area contributed by atoms with Gasteiger partial charge in [0, 0.05) is 19.8 Å². The number of carbonyl (C=O) groups is 1. The lowest BCUT2D eigenvalue weighted by molar-refractivity contribution is 0.136. The molecule has 0 aliphatic heterocycles. The first-order valence-electron chi connectivity index (χ1n) is 5.62. The van der Waals surface area contributed by atoms with Gasteiger partial charge in [0.25, 0.3) is 0 Å². The van der Waals surface area contributed by atoms with Crippen LogP contribution in [0.2, 0.25) is 0 Å². The molecule has 0 aliphatic rings. The lowest BCUT2D eigenvalue weighted by atomic mass is 10.2. The fourth-order valence-electron chi connectivity index (χ4n) is 1.05. The molecule has 0 aliphatic carbocycles. The van der Waals surface area contributed by atoms with E-state index in [1.807, 2.05) is 45.2 Å². The maximum absolute atomic E-state index is 10.9. The molecule has 0 fully saturated rings. The Bertz CT molecular complexity index is 312. The van der Waals surface area contributed by atoms with Crippen LogP contribution in [0.1, 0.15) is 19.4 Å². The highest BCUT2D eigenvalue weighted by Crippen LogP contribution is 2.09. The first kappa shape index (κ1) is 15.2. The minimum absolute atomic E-state index is 0.261. The molecule has 1 aromatic rings. The fraction of sp³-hybridized carbons (Fsp3) is 0.417. The number of anilines is 1. The van der Waals surface area contributed by atoms with Crippen molar-refractivity contribution in [3.05, 3.63) is 29.8 Å². The molecule has 1 amide bonds. The molecule has 0 bridgehead atoms. The summed E-state index contributed by atoms with van der Waals surface area (Å²) in [5, 5.41) is 3.01. The molecule has 0 aromatic heterocycles. The maximum atomic E-state index is 10.9. The molecule has 0 saturated heterocycles. The van der Waals surface area contributed by atoms with E-state index in [9.17, 15) is 4.79 Å². The van der Waals surface area contributed by atoms with E-state index < -0.39 is 6.09 Å². The quantitative estimate of drug-likeness (QED) is 0.704. The number of amides is 1. The van der Waals surface area contributed by atoms with E-state index >= 15 is 0 Å². The molecule has 0 saturated carbocycles. The fourth-order valence-corrected chi connectivity index (χ4v) is 1.05. The summed E-state index contributed by atoms with van der Waals surface area (Å²) in [6.45, 7) is 4.26. The number of hydrogen-bond donors (Lipinski definition) is 3. The third-order valence-corrected chi connectivity index (χ3v) is 1.84. The van der Waals surface area contributed by atoms with Crippen LogP contribution in [-0.2, 0) is 11.3 Å². The van der Waals surface area contributed by atoms with Crippen molar-refractivity contribution >= 4 is 11.8 Å². The van der Waals surface area contributed by atoms with Crippen LogP contribution in [0, 0.1) is 0 Å². The van der Waals surface area contributed by atoms with Crippen molar-refractivity contribution in [1.82, 2.24) is 10.9 Å². The van der Waals surface area contributed by atoms with Crippen molar-refractivity contribution in [2.45, 2.75) is 20.5 Å². The third kappa shape index (κ3) is 6.42. The summed E-state index contributed by atoms with van der Waals surface area (Å²) in [4.78, 5) is 10.9. The summed E-state index contributed by atoms with van der Waals surface area (Å²) >= 11 is 0. The standard InChI is InChI=1S/C10H15N3O2.C2H6/c1-11-9-5-3-8(4-6-9)7-15-10(14)13-12-2;1-2/h3-6,11-12H,7H2,1-2H3,(H,13,14);1-2H3. The van der Waals surface area contributed by atoms with Crippen LogP contribution in [0.15, 0.2) is 24.3 Å². The SMILES string of the molecule is CC.CNNC(=O)OCc1ccc(NC)cc1. The summed E-state index contributed by atoms with van der Waals surface area (Å²) in [5.74, 6) is 0. The van der Waals surface area contributed by atoms with E-state index in [4.69, 9.17) is 4.74 Å². The second-order valence-corrected chi connectivity index (χ2v) is 2.90. The number of benzene rings is 1. The van der Waals surface area contributed by atoms with E-state index in [0.717, 1.165) is 11.3 Å². The molecule has 0 unspecified atom stereocenters. The van der Waals surface area contributed by atoms with Crippen LogP contribution >= 0.6 is 0 Å². The van der Waals surface area contributed by atoms with Gasteiger partial charge in [0.2, 0.25) is 0 Å². The van der Waals surface area contributed by atoms with Gasteiger partial charge in [-0.2, -0.15) is 0 Å². The van der Waals surface area contributed by atoms with Crippen molar-refractivity contribution in [3.63, 3.8) is 0 Å². The van der Waals surface area contributed by atoms with Gasteiger partial charge in [-0.3, -0.25) is 5.43 Å². The second-order valence-electron chi connectivity index (χ2n) is 2.90. The molecule has 0 heterocycles. The van der Waals surface area contributed by atoms with Crippen LogP contribution < -0.4 is 16.2 Å². The normalized spacial score (nSPS) is 8.71. The summed E-state index contributed by atoms with van der Waals surface area (Å²) in [7, 11) is 3.45. The molecular formula is C12H21N3O2. The van der Waals surface area contributed by atoms with Gasteiger partial charge in [-0.1, -0.05) is 26.0 Å². The lowest BCUT2D eigenvalue weighted by Gasteiger charge is -2.06. The first-order chi connectivity index (χ1) is 8.26. The topological polar surface area (TPSA) is 62.4 Å². The molecule has 5 nitrogen and oxygen atoms in total. The number of rotatable bonds is 4. The van der Waals surface area contributed by atoms with E-state index in [1.54, 1.807) is 7.05 Å². The van der Waals surface area contributed by atoms with Crippen LogP contribution in [-0.4, -0.2) is 20.2 Å². The van der Waals surface area contributed by atoms with Crippen LogP contribution in [0.3, 0.4) is 0 Å². The van der Waals surface area contributed by atoms with Crippen molar-refractivity contribution in [2.75, 3.05) is 19.4 Å². The molecule has 5 heteroatoms. The largest absolute Gasteiger partial charge is 0.444 e. The number of ether oxygens (including phenoxy) is 1. The molecular weight excluding hydrogens is 218 g/mol. The summed E-state index contributed by atoms with van der Waals surface area (Å²) in [6, 6.07) is 7.65. The highest BCUT2D eigenvalue weighted by Gasteiger charge is 2.00. The van der Waals surface area contributed by atoms with Crippen molar-refractivity contribution in [1.29, 1.82) is 0 Å². The highest BCUT2D eigenvalue weighted by molar-refractivity contribution is 5.66. The van der Waals surface area contributed by atoms with Gasteiger partial charge in [-0.15, -0.1) is 0 Å². The van der Waals surface area contributed by atoms with E-state index in [-0.39, 0.29) is 6.61 Å². The van der Waals surface area contributed by atoms with Gasteiger partial charge in [0.15, 0.2) is 0 Å². The Kier molecular flexibility index (Phi) is 8.50. The summed E-state index contributed by atoms with van der Waals surface area (Å²) in [6.07, 6.45) is -0.491. The average molecular weight is 239 g/mol. The summed E-state index contributed by atoms with van der Waals surface area (Å²) in [5.41, 5.74) is 6.77. The Balaban J connectivity index is 0.00000121. The lowest BCUT2D eigenvalue weighted by Crippen LogP contribution is -2.34. The molecule has 1 rings (SSSR count). The Morgan fingerprint density at radius 2 is 1.76 bits per heavy atom. The predicted octanol–water partition coefficient (Wildman–Crippen LogP) is 2.12.